The predicted molar refractivity (Wildman–Crippen MR) is 107 cm³/mol. The summed E-state index contributed by atoms with van der Waals surface area (Å²) >= 11 is 0. The first-order valence-electron chi connectivity index (χ1n) is 9.75. The number of pyridine rings is 1. The number of carbonyl (C=O) groups excluding carboxylic acids is 1. The third kappa shape index (κ3) is 4.28. The number of benzene rings is 1. The molecule has 1 amide bonds. The largest absolute Gasteiger partial charge is 0.369 e. The molecule has 0 spiro atoms. The molecule has 1 unspecified atom stereocenters. The average Bonchev–Trinajstić information content (AvgIpc) is 3.12. The van der Waals surface area contributed by atoms with Crippen LogP contribution in [0.25, 0.3) is 0 Å². The number of hydrogen-bond acceptors (Lipinski definition) is 5. The van der Waals surface area contributed by atoms with Gasteiger partial charge >= 0.3 is 0 Å². The van der Waals surface area contributed by atoms with Crippen molar-refractivity contribution < 1.29 is 4.79 Å². The highest BCUT2D eigenvalue weighted by Gasteiger charge is 2.25. The van der Waals surface area contributed by atoms with Crippen LogP contribution < -0.4 is 15.5 Å². The molecule has 1 aromatic carbocycles. The molecule has 1 aromatic heterocycles. The summed E-state index contributed by atoms with van der Waals surface area (Å²) in [6, 6.07) is 12.8. The number of aromatic nitrogens is 1. The molecule has 4 rings (SSSR count). The van der Waals surface area contributed by atoms with Crippen molar-refractivity contribution in [2.24, 2.45) is 0 Å². The van der Waals surface area contributed by atoms with Gasteiger partial charge in [0.15, 0.2) is 0 Å². The molecule has 0 radical (unpaired) electrons. The van der Waals surface area contributed by atoms with E-state index >= 15 is 0 Å². The van der Waals surface area contributed by atoms with Gasteiger partial charge < -0.3 is 15.5 Å². The van der Waals surface area contributed by atoms with Crippen LogP contribution in [-0.2, 0) is 11.2 Å². The number of nitrogens with zero attached hydrogens (tertiary/aromatic N) is 3. The molecular weight excluding hydrogens is 338 g/mol. The second-order valence-electron chi connectivity index (χ2n) is 7.19. The molecule has 2 aliphatic rings. The van der Waals surface area contributed by atoms with E-state index in [1.807, 2.05) is 12.3 Å². The summed E-state index contributed by atoms with van der Waals surface area (Å²) < 4.78 is 0. The molecule has 0 saturated carbocycles. The second kappa shape index (κ2) is 8.50. The summed E-state index contributed by atoms with van der Waals surface area (Å²) in [6.45, 7) is 5.63. The van der Waals surface area contributed by atoms with E-state index in [4.69, 9.17) is 0 Å². The van der Waals surface area contributed by atoms with Crippen molar-refractivity contribution in [1.29, 1.82) is 0 Å². The van der Waals surface area contributed by atoms with Gasteiger partial charge in [-0.25, -0.2) is 0 Å². The lowest BCUT2D eigenvalue weighted by molar-refractivity contribution is -0.123. The van der Waals surface area contributed by atoms with Gasteiger partial charge in [-0.3, -0.25) is 14.7 Å². The first-order valence-corrected chi connectivity index (χ1v) is 9.75. The van der Waals surface area contributed by atoms with Crippen LogP contribution in [-0.4, -0.2) is 61.6 Å². The zero-order valence-corrected chi connectivity index (χ0v) is 15.6. The standard InChI is InChI=1S/C21H27N5O/c27-21(24-10-13-25-11-7-17-4-1-2-6-19(17)25)16-26-12-9-23-15-20(26)18-5-3-8-22-14-18/h1-6,8,14,20,23H,7,9-13,15-16H2,(H,24,27). The molecule has 0 bridgehead atoms. The molecule has 1 atom stereocenters. The highest BCUT2D eigenvalue weighted by atomic mass is 16.2. The van der Waals surface area contributed by atoms with E-state index in [2.05, 4.69) is 55.7 Å². The normalized spacial score (nSPS) is 19.7. The Labute approximate surface area is 160 Å². The van der Waals surface area contributed by atoms with Gasteiger partial charge in [0.25, 0.3) is 0 Å². The van der Waals surface area contributed by atoms with E-state index in [0.717, 1.165) is 44.7 Å². The zero-order chi connectivity index (χ0) is 18.5. The lowest BCUT2D eigenvalue weighted by Gasteiger charge is -2.35. The van der Waals surface area contributed by atoms with Gasteiger partial charge in [-0.05, 0) is 29.7 Å². The van der Waals surface area contributed by atoms with E-state index in [-0.39, 0.29) is 11.9 Å². The van der Waals surface area contributed by atoms with Crippen molar-refractivity contribution in [3.63, 3.8) is 0 Å². The molecule has 27 heavy (non-hydrogen) atoms. The monoisotopic (exact) mass is 365 g/mol. The van der Waals surface area contributed by atoms with Gasteiger partial charge in [-0.2, -0.15) is 0 Å². The summed E-state index contributed by atoms with van der Waals surface area (Å²) in [7, 11) is 0. The zero-order valence-electron chi connectivity index (χ0n) is 15.6. The third-order valence-corrected chi connectivity index (χ3v) is 5.46. The van der Waals surface area contributed by atoms with E-state index in [9.17, 15) is 4.79 Å². The van der Waals surface area contributed by atoms with E-state index in [1.165, 1.54) is 11.3 Å². The maximum atomic E-state index is 12.5. The fourth-order valence-electron chi connectivity index (χ4n) is 4.05. The molecular formula is C21H27N5O. The number of piperazine rings is 1. The van der Waals surface area contributed by atoms with Crippen molar-refractivity contribution in [2.45, 2.75) is 12.5 Å². The Balaban J connectivity index is 1.27. The first kappa shape index (κ1) is 17.9. The van der Waals surface area contributed by atoms with Crippen LogP contribution >= 0.6 is 0 Å². The molecule has 1 fully saturated rings. The first-order chi connectivity index (χ1) is 13.3. The van der Waals surface area contributed by atoms with Gasteiger partial charge in [0.05, 0.1) is 6.54 Å². The number of rotatable bonds is 6. The van der Waals surface area contributed by atoms with Crippen molar-refractivity contribution in [3.05, 3.63) is 59.9 Å². The number of nitrogens with one attached hydrogen (secondary N) is 2. The maximum absolute atomic E-state index is 12.5. The Morgan fingerprint density at radius 3 is 3.04 bits per heavy atom. The fraction of sp³-hybridized carbons (Fsp3) is 0.429. The molecule has 2 aliphatic heterocycles. The van der Waals surface area contributed by atoms with Crippen LogP contribution in [0.3, 0.4) is 0 Å². The Morgan fingerprint density at radius 1 is 1.22 bits per heavy atom. The van der Waals surface area contributed by atoms with Crippen molar-refractivity contribution >= 4 is 11.6 Å². The Morgan fingerprint density at radius 2 is 2.15 bits per heavy atom. The summed E-state index contributed by atoms with van der Waals surface area (Å²) in [5.41, 5.74) is 3.88. The number of amides is 1. The molecule has 6 nitrogen and oxygen atoms in total. The average molecular weight is 365 g/mol. The molecule has 1 saturated heterocycles. The van der Waals surface area contributed by atoms with Crippen LogP contribution in [0.5, 0.6) is 0 Å². The van der Waals surface area contributed by atoms with Gasteiger partial charge in [0, 0.05) is 63.4 Å². The van der Waals surface area contributed by atoms with E-state index in [0.29, 0.717) is 13.1 Å². The molecule has 3 heterocycles. The predicted octanol–water partition coefficient (Wildman–Crippen LogP) is 1.21. The van der Waals surface area contributed by atoms with Gasteiger partial charge in [0.2, 0.25) is 5.91 Å². The van der Waals surface area contributed by atoms with Gasteiger partial charge in [-0.15, -0.1) is 0 Å². The molecule has 0 aliphatic carbocycles. The third-order valence-electron chi connectivity index (χ3n) is 5.46. The quantitative estimate of drug-likeness (QED) is 0.806. The van der Waals surface area contributed by atoms with E-state index in [1.54, 1.807) is 6.20 Å². The highest BCUT2D eigenvalue weighted by molar-refractivity contribution is 5.78. The summed E-state index contributed by atoms with van der Waals surface area (Å²) in [5.74, 6) is 0.0956. The minimum absolute atomic E-state index is 0.0956. The summed E-state index contributed by atoms with van der Waals surface area (Å²) in [6.07, 6.45) is 4.78. The second-order valence-corrected chi connectivity index (χ2v) is 7.19. The van der Waals surface area contributed by atoms with Crippen molar-refractivity contribution in [2.75, 3.05) is 50.7 Å². The number of fused-ring (bicyclic) bond motifs is 1. The van der Waals surface area contributed by atoms with Crippen LogP contribution in [0.1, 0.15) is 17.2 Å². The minimum atomic E-state index is 0.0956. The molecule has 142 valence electrons. The Kier molecular flexibility index (Phi) is 5.65. The smallest absolute Gasteiger partial charge is 0.234 e. The lowest BCUT2D eigenvalue weighted by atomic mass is 10.1. The lowest BCUT2D eigenvalue weighted by Crippen LogP contribution is -2.50. The van der Waals surface area contributed by atoms with Crippen molar-refractivity contribution in [1.82, 2.24) is 20.5 Å². The minimum Gasteiger partial charge on any atom is -0.369 e. The number of anilines is 1. The summed E-state index contributed by atoms with van der Waals surface area (Å²) in [4.78, 5) is 21.3. The van der Waals surface area contributed by atoms with Crippen LogP contribution in [0.15, 0.2) is 48.8 Å². The van der Waals surface area contributed by atoms with Gasteiger partial charge in [-0.1, -0.05) is 24.3 Å². The fourth-order valence-corrected chi connectivity index (χ4v) is 4.05. The molecule has 2 aromatic rings. The van der Waals surface area contributed by atoms with E-state index < -0.39 is 0 Å². The number of carbonyl (C=O) groups is 1. The molecule has 6 heteroatoms. The Hall–Kier alpha value is -2.44. The topological polar surface area (TPSA) is 60.5 Å². The summed E-state index contributed by atoms with van der Waals surface area (Å²) in [5, 5.41) is 6.52. The maximum Gasteiger partial charge on any atom is 0.234 e. The molecule has 2 N–H and O–H groups in total. The number of para-hydroxylation sites is 1. The highest BCUT2D eigenvalue weighted by Crippen LogP contribution is 2.26. The van der Waals surface area contributed by atoms with Crippen LogP contribution in [0.2, 0.25) is 0 Å². The SMILES string of the molecule is O=C(CN1CCNCC1c1cccnc1)NCCN1CCc2ccccc21. The van der Waals surface area contributed by atoms with Crippen LogP contribution in [0, 0.1) is 0 Å². The van der Waals surface area contributed by atoms with Gasteiger partial charge in [0.1, 0.15) is 0 Å². The van der Waals surface area contributed by atoms with Crippen molar-refractivity contribution in [3.8, 4) is 0 Å². The Bertz CT molecular complexity index is 766. The number of hydrogen-bond donors (Lipinski definition) is 2. The van der Waals surface area contributed by atoms with Crippen LogP contribution in [0.4, 0.5) is 5.69 Å².